The van der Waals surface area contributed by atoms with Crippen LogP contribution in [0.2, 0.25) is 0 Å². The topological polar surface area (TPSA) is 66.0 Å². The molecule has 0 fully saturated rings. The molecule has 4 aromatic rings. The first-order valence-corrected chi connectivity index (χ1v) is 9.65. The number of nitrogen functional groups attached to an aromatic ring is 1. The van der Waals surface area contributed by atoms with Gasteiger partial charge in [-0.05, 0) is 34.0 Å². The largest absolute Gasteiger partial charge is 0.497 e. The molecule has 0 aliphatic rings. The van der Waals surface area contributed by atoms with Crippen LogP contribution in [0.5, 0.6) is 5.75 Å². The van der Waals surface area contributed by atoms with Gasteiger partial charge in [-0.15, -0.1) is 10.2 Å². The van der Waals surface area contributed by atoms with Gasteiger partial charge in [-0.2, -0.15) is 0 Å². The number of aromatic nitrogens is 3. The Balaban J connectivity index is 1.48. The van der Waals surface area contributed by atoms with Gasteiger partial charge in [0, 0.05) is 12.2 Å². The number of rotatable bonds is 6. The molecule has 1 aromatic heterocycles. The van der Waals surface area contributed by atoms with Gasteiger partial charge in [0.15, 0.2) is 5.82 Å². The van der Waals surface area contributed by atoms with Crippen molar-refractivity contribution >= 4 is 22.5 Å². The highest BCUT2D eigenvalue weighted by atomic mass is 32.2. The second-order valence-electron chi connectivity index (χ2n) is 6.22. The van der Waals surface area contributed by atoms with Gasteiger partial charge < -0.3 is 10.6 Å². The second-order valence-corrected chi connectivity index (χ2v) is 7.16. The van der Waals surface area contributed by atoms with Gasteiger partial charge in [0.1, 0.15) is 5.75 Å². The molecule has 1 heterocycles. The summed E-state index contributed by atoms with van der Waals surface area (Å²) in [5.74, 6) is 8.59. The summed E-state index contributed by atoms with van der Waals surface area (Å²) in [7, 11) is 1.66. The molecule has 136 valence electrons. The fourth-order valence-electron chi connectivity index (χ4n) is 3.01. The molecule has 0 saturated carbocycles. The Bertz CT molecular complexity index is 1050. The summed E-state index contributed by atoms with van der Waals surface area (Å²) in [6, 6.07) is 22.6. The molecule has 0 amide bonds. The van der Waals surface area contributed by atoms with Crippen molar-refractivity contribution in [2.75, 3.05) is 13.0 Å². The van der Waals surface area contributed by atoms with Gasteiger partial charge in [0.25, 0.3) is 0 Å². The molecule has 0 aliphatic carbocycles. The number of benzene rings is 3. The lowest BCUT2D eigenvalue weighted by Crippen LogP contribution is -2.14. The van der Waals surface area contributed by atoms with E-state index in [0.717, 1.165) is 22.9 Å². The summed E-state index contributed by atoms with van der Waals surface area (Å²) >= 11 is 1.60. The molecule has 3 aromatic carbocycles. The average molecular weight is 376 g/mol. The van der Waals surface area contributed by atoms with Crippen molar-refractivity contribution in [1.82, 2.24) is 14.9 Å². The summed E-state index contributed by atoms with van der Waals surface area (Å²) in [6.07, 6.45) is 0.627. The van der Waals surface area contributed by atoms with Crippen LogP contribution in [0.1, 0.15) is 17.0 Å². The van der Waals surface area contributed by atoms with E-state index in [-0.39, 0.29) is 0 Å². The number of nitrogens with two attached hydrogens (primary N) is 1. The minimum absolute atomic E-state index is 0.627. The third kappa shape index (κ3) is 3.75. The van der Waals surface area contributed by atoms with Crippen LogP contribution in [-0.4, -0.2) is 22.0 Å². The van der Waals surface area contributed by atoms with Crippen molar-refractivity contribution in [1.29, 1.82) is 0 Å². The highest BCUT2D eigenvalue weighted by molar-refractivity contribution is 7.98. The first-order valence-electron chi connectivity index (χ1n) is 8.66. The van der Waals surface area contributed by atoms with Crippen LogP contribution >= 0.6 is 11.8 Å². The van der Waals surface area contributed by atoms with E-state index in [1.54, 1.807) is 23.5 Å². The number of ether oxygens (including phenoxy) is 1. The van der Waals surface area contributed by atoms with Crippen molar-refractivity contribution in [3.63, 3.8) is 0 Å². The average Bonchev–Trinajstić information content (AvgIpc) is 3.06. The molecule has 27 heavy (non-hydrogen) atoms. The van der Waals surface area contributed by atoms with E-state index in [1.165, 1.54) is 16.3 Å². The number of fused-ring (bicyclic) bond motifs is 1. The molecular formula is C21H20N4OS. The Morgan fingerprint density at radius 3 is 2.56 bits per heavy atom. The van der Waals surface area contributed by atoms with E-state index in [4.69, 9.17) is 10.6 Å². The SMILES string of the molecule is COc1ccc(Cc2nnc(SCc3cccc4ccccc34)n2N)cc1. The summed E-state index contributed by atoms with van der Waals surface area (Å²) in [4.78, 5) is 0. The Morgan fingerprint density at radius 1 is 0.963 bits per heavy atom. The van der Waals surface area contributed by atoms with Crippen LogP contribution in [-0.2, 0) is 12.2 Å². The van der Waals surface area contributed by atoms with Crippen molar-refractivity contribution in [3.05, 3.63) is 83.7 Å². The minimum atomic E-state index is 0.627. The number of hydrogen-bond acceptors (Lipinski definition) is 5. The normalized spacial score (nSPS) is 11.0. The van der Waals surface area contributed by atoms with Gasteiger partial charge in [0.2, 0.25) is 5.16 Å². The van der Waals surface area contributed by atoms with Crippen molar-refractivity contribution in [2.45, 2.75) is 17.3 Å². The van der Waals surface area contributed by atoms with Crippen LogP contribution in [0.15, 0.2) is 71.9 Å². The smallest absolute Gasteiger partial charge is 0.210 e. The zero-order valence-electron chi connectivity index (χ0n) is 15.0. The Kier molecular flexibility index (Phi) is 4.98. The molecule has 0 spiro atoms. The minimum Gasteiger partial charge on any atom is -0.497 e. The number of methoxy groups -OCH3 is 1. The maximum atomic E-state index is 6.23. The zero-order valence-corrected chi connectivity index (χ0v) is 15.8. The quantitative estimate of drug-likeness (QED) is 0.406. The van der Waals surface area contributed by atoms with Gasteiger partial charge in [0.05, 0.1) is 7.11 Å². The van der Waals surface area contributed by atoms with Crippen LogP contribution in [0.3, 0.4) is 0 Å². The molecule has 0 radical (unpaired) electrons. The molecule has 0 bridgehead atoms. The van der Waals surface area contributed by atoms with E-state index < -0.39 is 0 Å². The fourth-order valence-corrected chi connectivity index (χ4v) is 3.89. The molecule has 5 nitrogen and oxygen atoms in total. The monoisotopic (exact) mass is 376 g/mol. The predicted molar refractivity (Wildman–Crippen MR) is 109 cm³/mol. The standard InChI is InChI=1S/C21H20N4OS/c1-26-18-11-9-15(10-12-18)13-20-23-24-21(25(20)22)27-14-17-7-4-6-16-5-2-3-8-19(16)17/h2-12H,13-14,22H2,1H3. The molecule has 0 aliphatic heterocycles. The van der Waals surface area contributed by atoms with E-state index in [9.17, 15) is 0 Å². The van der Waals surface area contributed by atoms with Crippen molar-refractivity contribution < 1.29 is 4.74 Å². The van der Waals surface area contributed by atoms with Crippen LogP contribution in [0.4, 0.5) is 0 Å². The molecular weight excluding hydrogens is 356 g/mol. The van der Waals surface area contributed by atoms with Crippen LogP contribution < -0.4 is 10.6 Å². The zero-order chi connectivity index (χ0) is 18.6. The number of nitrogens with zero attached hydrogens (tertiary/aromatic N) is 3. The Labute approximate surface area is 162 Å². The Hall–Kier alpha value is -2.99. The summed E-state index contributed by atoms with van der Waals surface area (Å²) < 4.78 is 6.77. The first-order chi connectivity index (χ1) is 13.2. The summed E-state index contributed by atoms with van der Waals surface area (Å²) in [5.41, 5.74) is 2.37. The molecule has 0 unspecified atom stereocenters. The molecule has 6 heteroatoms. The lowest BCUT2D eigenvalue weighted by molar-refractivity contribution is 0.414. The maximum Gasteiger partial charge on any atom is 0.210 e. The number of thioether (sulfide) groups is 1. The molecule has 4 rings (SSSR count). The second kappa shape index (κ2) is 7.72. The molecule has 0 saturated heterocycles. The lowest BCUT2D eigenvalue weighted by atomic mass is 10.1. The highest BCUT2D eigenvalue weighted by Crippen LogP contribution is 2.26. The highest BCUT2D eigenvalue weighted by Gasteiger charge is 2.12. The Morgan fingerprint density at radius 2 is 1.74 bits per heavy atom. The van der Waals surface area contributed by atoms with Gasteiger partial charge in [-0.1, -0.05) is 66.4 Å². The predicted octanol–water partition coefficient (Wildman–Crippen LogP) is 4.04. The van der Waals surface area contributed by atoms with E-state index >= 15 is 0 Å². The molecule has 0 atom stereocenters. The van der Waals surface area contributed by atoms with Gasteiger partial charge >= 0.3 is 0 Å². The lowest BCUT2D eigenvalue weighted by Gasteiger charge is -2.07. The third-order valence-corrected chi connectivity index (χ3v) is 5.49. The van der Waals surface area contributed by atoms with E-state index in [2.05, 4.69) is 52.7 Å². The van der Waals surface area contributed by atoms with Gasteiger partial charge in [-0.3, -0.25) is 0 Å². The van der Waals surface area contributed by atoms with Crippen molar-refractivity contribution in [3.8, 4) is 5.75 Å². The number of hydrogen-bond donors (Lipinski definition) is 1. The summed E-state index contributed by atoms with van der Waals surface area (Å²) in [5, 5.41) is 11.7. The van der Waals surface area contributed by atoms with Crippen molar-refractivity contribution in [2.24, 2.45) is 0 Å². The maximum absolute atomic E-state index is 6.23. The van der Waals surface area contributed by atoms with Crippen LogP contribution in [0, 0.1) is 0 Å². The third-order valence-electron chi connectivity index (χ3n) is 4.49. The van der Waals surface area contributed by atoms with E-state index in [0.29, 0.717) is 11.6 Å². The summed E-state index contributed by atoms with van der Waals surface area (Å²) in [6.45, 7) is 0. The van der Waals surface area contributed by atoms with Gasteiger partial charge in [-0.25, -0.2) is 4.68 Å². The molecule has 2 N–H and O–H groups in total. The van der Waals surface area contributed by atoms with Crippen LogP contribution in [0.25, 0.3) is 10.8 Å². The van der Waals surface area contributed by atoms with E-state index in [1.807, 2.05) is 24.3 Å². The first kappa shape index (κ1) is 17.4. The fraction of sp³-hybridized carbons (Fsp3) is 0.143.